The van der Waals surface area contributed by atoms with Crippen LogP contribution in [0.15, 0.2) is 324 Å². The van der Waals surface area contributed by atoms with Crippen molar-refractivity contribution in [3.05, 3.63) is 342 Å². The number of para-hydroxylation sites is 6. The first-order valence-electron chi connectivity index (χ1n) is 32.6. The molecule has 0 radical (unpaired) electrons. The van der Waals surface area contributed by atoms with Crippen LogP contribution in [0.3, 0.4) is 0 Å². The number of nitrogens with one attached hydrogen (secondary N) is 1. The molecule has 91 heavy (non-hydrogen) atoms. The molecule has 0 amide bonds. The molecular formula is C82H59Cl3N4O2. The van der Waals surface area contributed by atoms with Crippen LogP contribution in [0.1, 0.15) is 19.4 Å². The minimum Gasteiger partial charge on any atom is -0.455 e. The second-order valence-corrected chi connectivity index (χ2v) is 22.8. The minimum atomic E-state index is -2.39. The molecule has 16 rings (SSSR count). The van der Waals surface area contributed by atoms with Gasteiger partial charge in [0.25, 0.3) is 0 Å². The van der Waals surface area contributed by atoms with Crippen molar-refractivity contribution in [2.24, 2.45) is 0 Å². The summed E-state index contributed by atoms with van der Waals surface area (Å²) < 4.78 is 62.7. The molecule has 16 aromatic rings. The Labute approximate surface area is 552 Å². The molecule has 0 spiro atoms. The summed E-state index contributed by atoms with van der Waals surface area (Å²) in [4.78, 5) is 6.22. The van der Waals surface area contributed by atoms with Crippen LogP contribution in [0.2, 0.25) is 15.1 Å². The first-order chi connectivity index (χ1) is 47.2. The Hall–Kier alpha value is -10.7. The normalized spacial score (nSPS) is 12.4. The second-order valence-electron chi connectivity index (χ2n) is 21.6. The van der Waals surface area contributed by atoms with Crippen molar-refractivity contribution in [2.75, 3.05) is 20.0 Å². The van der Waals surface area contributed by atoms with E-state index in [1.54, 1.807) is 18.2 Å². The lowest BCUT2D eigenvalue weighted by atomic mass is 10.0. The topological polar surface area (TPSA) is 48.0 Å². The predicted molar refractivity (Wildman–Crippen MR) is 387 cm³/mol. The number of aryl methyl sites for hydroxylation is 2. The number of benzene rings is 14. The van der Waals surface area contributed by atoms with Gasteiger partial charge in [-0.3, -0.25) is 0 Å². The quantitative estimate of drug-likeness (QED) is 0.139. The largest absolute Gasteiger partial charge is 0.455 e. The van der Waals surface area contributed by atoms with Crippen molar-refractivity contribution in [3.8, 4) is 0 Å². The fourth-order valence-electron chi connectivity index (χ4n) is 11.8. The van der Waals surface area contributed by atoms with Gasteiger partial charge in [-0.25, -0.2) is 0 Å². The average molecular weight is 1240 g/mol. The van der Waals surface area contributed by atoms with E-state index in [9.17, 15) is 0 Å². The summed E-state index contributed by atoms with van der Waals surface area (Å²) >= 11 is 20.7. The van der Waals surface area contributed by atoms with Gasteiger partial charge in [-0.15, -0.1) is 0 Å². The van der Waals surface area contributed by atoms with E-state index in [-0.39, 0.29) is 11.1 Å². The van der Waals surface area contributed by atoms with E-state index in [0.717, 1.165) is 89.2 Å². The van der Waals surface area contributed by atoms with Gasteiger partial charge in [0, 0.05) is 63.9 Å². The summed E-state index contributed by atoms with van der Waals surface area (Å²) in [6, 6.07) is 103. The van der Waals surface area contributed by atoms with E-state index in [4.69, 9.17) is 51.9 Å². The molecule has 0 aliphatic heterocycles. The highest BCUT2D eigenvalue weighted by atomic mass is 35.5. The number of fused-ring (bicyclic) bond motifs is 10. The Morgan fingerprint density at radius 3 is 1.05 bits per heavy atom. The van der Waals surface area contributed by atoms with Crippen LogP contribution >= 0.6 is 34.8 Å². The van der Waals surface area contributed by atoms with Gasteiger partial charge in [0.2, 0.25) is 0 Å². The van der Waals surface area contributed by atoms with Gasteiger partial charge in [0.05, 0.1) is 54.3 Å². The highest BCUT2D eigenvalue weighted by Crippen LogP contribution is 2.51. The fraction of sp³-hybridized carbons (Fsp3) is 0.0244. The summed E-state index contributed by atoms with van der Waals surface area (Å²) in [5.74, 6) is 0. The third-order valence-corrected chi connectivity index (χ3v) is 17.2. The number of rotatable bonds is 11. The van der Waals surface area contributed by atoms with Crippen molar-refractivity contribution in [3.63, 3.8) is 0 Å². The van der Waals surface area contributed by atoms with Crippen LogP contribution < -0.4 is 20.0 Å². The molecule has 2 aromatic heterocycles. The van der Waals surface area contributed by atoms with Crippen molar-refractivity contribution in [1.29, 1.82) is 0 Å². The number of hydrogen-bond donors (Lipinski definition) is 1. The van der Waals surface area contributed by atoms with Gasteiger partial charge in [-0.2, -0.15) is 0 Å². The SMILES string of the molecule is [2H]C([2H])([2H])c1ccc(N(c2ccccc2)c2cccc(Cl)c2Cl)c2c1oc1c3ccccc3ccc12.[2H]C([2H])([2H])c1ccc(N(c2ccccc2)c2cccc(N(c3ccccc3)c3ccccc3)c2Cl)c2c1oc1c3ccccc3ccc12.c1ccc(Nc2ccccc2)cc1. The van der Waals surface area contributed by atoms with Crippen LogP contribution in [0, 0.1) is 13.7 Å². The maximum absolute atomic E-state index is 8.40. The molecule has 0 saturated carbocycles. The molecule has 14 aromatic carbocycles. The standard InChI is InChI=1S/C41H29ClN2O.C29H19Cl2NO.C12H11N/c1-28-24-27-35(38-34-26-25-29-14-11-12-21-33(29)41(34)45-40(28)38)44(32-19-9-4-10-20-32)37-23-13-22-36(39(37)42)43(30-15-5-2-6-16-30)31-17-7-3-8-18-31;1-18-14-17-24(26-22-16-15-19-8-5-6-11-21(19)29(22)33-28(18)26)32(20-9-3-2-4-10-20)25-13-7-12-23(30)27(25)31;1-3-7-11(8-4-1)13-12-9-5-2-6-10-12/h2-27H,1H3;2-17H,1H3;1-10,13H/i2*1D3;. The maximum Gasteiger partial charge on any atom is 0.143 e. The van der Waals surface area contributed by atoms with Crippen molar-refractivity contribution in [2.45, 2.75) is 13.7 Å². The molecular weight excluding hydrogens is 1180 g/mol. The van der Waals surface area contributed by atoms with E-state index in [1.165, 1.54) is 0 Å². The first kappa shape index (κ1) is 51.2. The molecule has 0 bridgehead atoms. The van der Waals surface area contributed by atoms with Crippen LogP contribution in [0.5, 0.6) is 0 Å². The van der Waals surface area contributed by atoms with Gasteiger partial charge < -0.3 is 28.9 Å². The second kappa shape index (κ2) is 25.8. The molecule has 0 atom stereocenters. The van der Waals surface area contributed by atoms with Crippen molar-refractivity contribution < 1.29 is 17.1 Å². The highest BCUT2D eigenvalue weighted by Gasteiger charge is 2.27. The van der Waals surface area contributed by atoms with Gasteiger partial charge in [0.1, 0.15) is 22.3 Å². The fourth-order valence-corrected chi connectivity index (χ4v) is 12.5. The molecule has 6 nitrogen and oxygen atoms in total. The first-order valence-corrected chi connectivity index (χ1v) is 30.8. The third-order valence-electron chi connectivity index (χ3n) is 16.0. The molecule has 1 N–H and O–H groups in total. The summed E-state index contributed by atoms with van der Waals surface area (Å²) in [5, 5.41) is 11.6. The molecule has 440 valence electrons. The average Bonchev–Trinajstić information content (AvgIpc) is 1.61. The zero-order valence-electron chi connectivity index (χ0n) is 54.8. The number of nitrogens with zero attached hydrogens (tertiary/aromatic N) is 3. The van der Waals surface area contributed by atoms with Gasteiger partial charge in [0.15, 0.2) is 0 Å². The Morgan fingerprint density at radius 1 is 0.286 bits per heavy atom. The Bertz CT molecular complexity index is 5390. The molecule has 0 saturated heterocycles. The number of furan rings is 2. The van der Waals surface area contributed by atoms with E-state index in [0.29, 0.717) is 53.9 Å². The summed E-state index contributed by atoms with van der Waals surface area (Å²) in [7, 11) is 0. The molecule has 0 aliphatic carbocycles. The summed E-state index contributed by atoms with van der Waals surface area (Å²) in [5.41, 5.74) is 11.8. The predicted octanol–water partition coefficient (Wildman–Crippen LogP) is 25.9. The van der Waals surface area contributed by atoms with Crippen molar-refractivity contribution in [1.82, 2.24) is 0 Å². The molecule has 0 unspecified atom stereocenters. The highest BCUT2D eigenvalue weighted by molar-refractivity contribution is 6.44. The van der Waals surface area contributed by atoms with Crippen LogP contribution in [0.25, 0.3) is 65.4 Å². The molecule has 0 fully saturated rings. The van der Waals surface area contributed by atoms with Crippen LogP contribution in [-0.4, -0.2) is 0 Å². The van der Waals surface area contributed by atoms with Crippen molar-refractivity contribution >= 4 is 163 Å². The lowest BCUT2D eigenvalue weighted by molar-refractivity contribution is 0.669. The van der Waals surface area contributed by atoms with Crippen LogP contribution in [-0.2, 0) is 0 Å². The molecule has 0 aliphatic rings. The third kappa shape index (κ3) is 11.5. The Balaban J connectivity index is 0.000000144. The zero-order valence-corrected chi connectivity index (χ0v) is 51.1. The summed E-state index contributed by atoms with van der Waals surface area (Å²) in [6.45, 7) is -4.74. The Morgan fingerprint density at radius 2 is 0.637 bits per heavy atom. The van der Waals surface area contributed by atoms with E-state index >= 15 is 0 Å². The van der Waals surface area contributed by atoms with Gasteiger partial charge in [-0.05, 0) is 157 Å². The van der Waals surface area contributed by atoms with Gasteiger partial charge >= 0.3 is 0 Å². The monoisotopic (exact) mass is 1240 g/mol. The molecule has 2 heterocycles. The van der Waals surface area contributed by atoms with Gasteiger partial charge in [-0.1, -0.05) is 229 Å². The lowest BCUT2D eigenvalue weighted by Gasteiger charge is -2.31. The zero-order chi connectivity index (χ0) is 66.8. The number of hydrogen-bond acceptors (Lipinski definition) is 6. The lowest BCUT2D eigenvalue weighted by Crippen LogP contribution is -2.14. The van der Waals surface area contributed by atoms with E-state index in [1.807, 2.05) is 272 Å². The minimum absolute atomic E-state index is 0.159. The van der Waals surface area contributed by atoms with Crippen LogP contribution in [0.4, 0.5) is 62.6 Å². The van der Waals surface area contributed by atoms with E-state index in [2.05, 4.69) is 45.4 Å². The number of halogens is 3. The smallest absolute Gasteiger partial charge is 0.143 e. The Kier molecular flexibility index (Phi) is 14.5. The molecule has 9 heteroatoms. The van der Waals surface area contributed by atoms with E-state index < -0.39 is 13.7 Å². The summed E-state index contributed by atoms with van der Waals surface area (Å²) in [6.07, 6.45) is 0. The number of anilines is 11. The maximum atomic E-state index is 8.40.